The first-order chi connectivity index (χ1) is 7.72. The minimum absolute atomic E-state index is 0.0393. The van der Waals surface area contributed by atoms with Crippen molar-refractivity contribution in [2.24, 2.45) is 11.8 Å². The molecule has 2 fully saturated rings. The van der Waals surface area contributed by atoms with Crippen LogP contribution in [0.3, 0.4) is 0 Å². The van der Waals surface area contributed by atoms with Gasteiger partial charge in [-0.2, -0.15) is 4.98 Å². The predicted octanol–water partition coefficient (Wildman–Crippen LogP) is 1.97. The molecule has 5 heteroatoms. The molecule has 2 saturated carbocycles. The van der Waals surface area contributed by atoms with E-state index in [-0.39, 0.29) is 5.69 Å². The third kappa shape index (κ3) is 1.77. The third-order valence-electron chi connectivity index (χ3n) is 3.59. The number of carboxylic acid groups (broad SMARTS) is 1. The molecule has 0 amide bonds. The molecule has 0 spiro atoms. The Kier molecular flexibility index (Phi) is 2.12. The molecule has 0 bridgehead atoms. The molecule has 3 atom stereocenters. The molecule has 1 heterocycles. The highest BCUT2D eigenvalue weighted by atomic mass is 16.4. The molecule has 3 unspecified atom stereocenters. The van der Waals surface area contributed by atoms with Gasteiger partial charge in [-0.05, 0) is 37.5 Å². The average molecular weight is 222 g/mol. The van der Waals surface area contributed by atoms with Crippen LogP contribution in [-0.4, -0.2) is 22.1 Å². The van der Waals surface area contributed by atoms with Gasteiger partial charge in [0.05, 0.1) is 0 Å². The Bertz CT molecular complexity index is 415. The monoisotopic (exact) mass is 222 g/mol. The van der Waals surface area contributed by atoms with Crippen molar-refractivity contribution in [3.05, 3.63) is 12.0 Å². The van der Waals surface area contributed by atoms with Gasteiger partial charge in [0, 0.05) is 6.04 Å². The summed E-state index contributed by atoms with van der Waals surface area (Å²) >= 11 is 0. The summed E-state index contributed by atoms with van der Waals surface area (Å²) in [4.78, 5) is 14.5. The average Bonchev–Trinajstić information content (AvgIpc) is 2.86. The summed E-state index contributed by atoms with van der Waals surface area (Å²) in [7, 11) is 0. The first kappa shape index (κ1) is 9.69. The SMILES string of the molecule is O=C(O)c1coc(NC2CCC3CC3C2)n1. The number of hydrogen-bond donors (Lipinski definition) is 2. The molecule has 2 aliphatic rings. The molecular formula is C11H14N2O3. The number of nitrogens with zero attached hydrogens (tertiary/aromatic N) is 1. The summed E-state index contributed by atoms with van der Waals surface area (Å²) in [5, 5.41) is 11.9. The van der Waals surface area contributed by atoms with Crippen molar-refractivity contribution >= 4 is 12.0 Å². The second-order valence-corrected chi connectivity index (χ2v) is 4.75. The van der Waals surface area contributed by atoms with Gasteiger partial charge >= 0.3 is 5.97 Å². The lowest BCUT2D eigenvalue weighted by Crippen LogP contribution is -2.23. The minimum atomic E-state index is -1.05. The number of oxazole rings is 1. The summed E-state index contributed by atoms with van der Waals surface area (Å²) in [6, 6.07) is 0.727. The zero-order chi connectivity index (χ0) is 11.1. The van der Waals surface area contributed by atoms with Crippen LogP contribution < -0.4 is 5.32 Å². The second kappa shape index (κ2) is 3.50. The molecule has 16 heavy (non-hydrogen) atoms. The van der Waals surface area contributed by atoms with Gasteiger partial charge < -0.3 is 14.8 Å². The van der Waals surface area contributed by atoms with E-state index in [1.54, 1.807) is 0 Å². The van der Waals surface area contributed by atoms with E-state index >= 15 is 0 Å². The molecule has 2 N–H and O–H groups in total. The number of aromatic carboxylic acids is 1. The fourth-order valence-electron chi connectivity index (χ4n) is 2.60. The zero-order valence-corrected chi connectivity index (χ0v) is 8.85. The fourth-order valence-corrected chi connectivity index (χ4v) is 2.60. The lowest BCUT2D eigenvalue weighted by molar-refractivity contribution is 0.0690. The van der Waals surface area contributed by atoms with Crippen LogP contribution in [0.4, 0.5) is 6.01 Å². The first-order valence-corrected chi connectivity index (χ1v) is 5.67. The van der Waals surface area contributed by atoms with Crippen LogP contribution in [0.5, 0.6) is 0 Å². The predicted molar refractivity (Wildman–Crippen MR) is 56.3 cm³/mol. The van der Waals surface area contributed by atoms with E-state index in [0.29, 0.717) is 12.1 Å². The highest BCUT2D eigenvalue weighted by Crippen LogP contribution is 2.49. The summed E-state index contributed by atoms with van der Waals surface area (Å²) < 4.78 is 5.07. The summed E-state index contributed by atoms with van der Waals surface area (Å²) in [5.41, 5.74) is -0.0393. The van der Waals surface area contributed by atoms with Gasteiger partial charge in [-0.15, -0.1) is 0 Å². The number of nitrogens with one attached hydrogen (secondary N) is 1. The molecule has 0 radical (unpaired) electrons. The lowest BCUT2D eigenvalue weighted by Gasteiger charge is -2.21. The van der Waals surface area contributed by atoms with Crippen molar-refractivity contribution in [1.82, 2.24) is 4.98 Å². The molecule has 0 saturated heterocycles. The number of anilines is 1. The molecule has 3 rings (SSSR count). The number of aromatic nitrogens is 1. The Hall–Kier alpha value is -1.52. The minimum Gasteiger partial charge on any atom is -0.476 e. The van der Waals surface area contributed by atoms with Gasteiger partial charge in [0.2, 0.25) is 0 Å². The van der Waals surface area contributed by atoms with Crippen LogP contribution >= 0.6 is 0 Å². The molecular weight excluding hydrogens is 208 g/mol. The molecule has 0 aromatic carbocycles. The number of rotatable bonds is 3. The molecule has 1 aromatic heterocycles. The highest BCUT2D eigenvalue weighted by Gasteiger charge is 2.42. The molecule has 86 valence electrons. The van der Waals surface area contributed by atoms with Crippen molar-refractivity contribution in [3.8, 4) is 0 Å². The van der Waals surface area contributed by atoms with Gasteiger partial charge in [0.25, 0.3) is 6.01 Å². The lowest BCUT2D eigenvalue weighted by atomic mass is 9.96. The summed E-state index contributed by atoms with van der Waals surface area (Å²) in [6.45, 7) is 0. The topological polar surface area (TPSA) is 75.4 Å². The number of fused-ring (bicyclic) bond motifs is 1. The van der Waals surface area contributed by atoms with Gasteiger partial charge in [0.1, 0.15) is 6.26 Å². The zero-order valence-electron chi connectivity index (χ0n) is 8.85. The first-order valence-electron chi connectivity index (χ1n) is 5.67. The number of carbonyl (C=O) groups is 1. The Morgan fingerprint density at radius 3 is 3.00 bits per heavy atom. The summed E-state index contributed by atoms with van der Waals surface area (Å²) in [5.74, 6) is 0.778. The van der Waals surface area contributed by atoms with Crippen LogP contribution in [0.25, 0.3) is 0 Å². The van der Waals surface area contributed by atoms with Crippen molar-refractivity contribution in [1.29, 1.82) is 0 Å². The molecule has 2 aliphatic carbocycles. The van der Waals surface area contributed by atoms with E-state index in [2.05, 4.69) is 10.3 Å². The Morgan fingerprint density at radius 1 is 1.44 bits per heavy atom. The molecule has 1 aromatic rings. The Balaban J connectivity index is 1.62. The van der Waals surface area contributed by atoms with E-state index in [1.807, 2.05) is 0 Å². The van der Waals surface area contributed by atoms with Crippen LogP contribution in [-0.2, 0) is 0 Å². The molecule has 0 aliphatic heterocycles. The summed E-state index contributed by atoms with van der Waals surface area (Å²) in [6.07, 6.45) is 6.10. The van der Waals surface area contributed by atoms with Gasteiger partial charge in [-0.1, -0.05) is 0 Å². The van der Waals surface area contributed by atoms with Gasteiger partial charge in [-0.3, -0.25) is 0 Å². The number of hydrogen-bond acceptors (Lipinski definition) is 4. The highest BCUT2D eigenvalue weighted by molar-refractivity contribution is 5.85. The van der Waals surface area contributed by atoms with Crippen LogP contribution in [0, 0.1) is 11.8 Å². The Morgan fingerprint density at radius 2 is 2.31 bits per heavy atom. The normalized spacial score (nSPS) is 31.9. The van der Waals surface area contributed by atoms with E-state index in [1.165, 1.54) is 19.1 Å². The smallest absolute Gasteiger partial charge is 0.357 e. The van der Waals surface area contributed by atoms with Crippen LogP contribution in [0.15, 0.2) is 10.7 Å². The van der Waals surface area contributed by atoms with Gasteiger partial charge in [0.15, 0.2) is 5.69 Å². The van der Waals surface area contributed by atoms with Crippen molar-refractivity contribution in [2.75, 3.05) is 5.32 Å². The van der Waals surface area contributed by atoms with Crippen molar-refractivity contribution in [2.45, 2.75) is 31.7 Å². The quantitative estimate of drug-likeness (QED) is 0.817. The largest absolute Gasteiger partial charge is 0.476 e. The van der Waals surface area contributed by atoms with E-state index in [4.69, 9.17) is 9.52 Å². The maximum atomic E-state index is 10.6. The van der Waals surface area contributed by atoms with Crippen LogP contribution in [0.2, 0.25) is 0 Å². The standard InChI is InChI=1S/C11H14N2O3/c14-10(15)9-5-16-11(13-9)12-8-2-1-6-3-7(6)4-8/h5-8H,1-4H2,(H,12,13)(H,14,15). The number of carboxylic acids is 1. The van der Waals surface area contributed by atoms with E-state index in [9.17, 15) is 4.79 Å². The van der Waals surface area contributed by atoms with Gasteiger partial charge in [-0.25, -0.2) is 4.79 Å². The van der Waals surface area contributed by atoms with E-state index in [0.717, 1.165) is 24.7 Å². The van der Waals surface area contributed by atoms with E-state index < -0.39 is 5.97 Å². The van der Waals surface area contributed by atoms with Crippen molar-refractivity contribution < 1.29 is 14.3 Å². The maximum Gasteiger partial charge on any atom is 0.357 e. The second-order valence-electron chi connectivity index (χ2n) is 4.75. The van der Waals surface area contributed by atoms with Crippen molar-refractivity contribution in [3.63, 3.8) is 0 Å². The fraction of sp³-hybridized carbons (Fsp3) is 0.636. The Labute approximate surface area is 92.9 Å². The molecule has 5 nitrogen and oxygen atoms in total. The maximum absolute atomic E-state index is 10.6. The third-order valence-corrected chi connectivity index (χ3v) is 3.59. The van der Waals surface area contributed by atoms with Crippen LogP contribution in [0.1, 0.15) is 36.2 Å².